The van der Waals surface area contributed by atoms with Gasteiger partial charge in [0.25, 0.3) is 0 Å². The molecular formula is C18H22F2N4OS. The molecule has 8 heteroatoms. The van der Waals surface area contributed by atoms with Crippen LogP contribution in [0.4, 0.5) is 14.6 Å². The highest BCUT2D eigenvalue weighted by molar-refractivity contribution is 7.13. The van der Waals surface area contributed by atoms with Crippen molar-refractivity contribution >= 4 is 23.1 Å². The number of halogens is 2. The molecule has 1 aliphatic carbocycles. The number of aromatic nitrogens is 2. The van der Waals surface area contributed by atoms with Gasteiger partial charge in [-0.15, -0.1) is 11.3 Å². The zero-order chi connectivity index (χ0) is 18.7. The van der Waals surface area contributed by atoms with Gasteiger partial charge in [-0.3, -0.25) is 4.79 Å². The average Bonchev–Trinajstić information content (AvgIpc) is 3.01. The van der Waals surface area contributed by atoms with Crippen molar-refractivity contribution in [3.05, 3.63) is 28.8 Å². The Morgan fingerprint density at radius 3 is 2.65 bits per heavy atom. The van der Waals surface area contributed by atoms with E-state index in [9.17, 15) is 13.6 Å². The van der Waals surface area contributed by atoms with Gasteiger partial charge in [0.05, 0.1) is 0 Å². The standard InChI is InChI=1S/C18H22F2N4OS/c1-11-10-26-17(22-11)15-7-13(9-21-12(2)25)8-16(24-15)23-14-3-5-18(19,20)6-4-14/h7-8,10,14H,3-6,9H2,1-2H3,(H,21,25)(H,23,24). The number of hydrogen-bond donors (Lipinski definition) is 2. The maximum atomic E-state index is 13.4. The van der Waals surface area contributed by atoms with Gasteiger partial charge >= 0.3 is 0 Å². The Morgan fingerprint density at radius 2 is 2.04 bits per heavy atom. The lowest BCUT2D eigenvalue weighted by Crippen LogP contribution is -2.32. The summed E-state index contributed by atoms with van der Waals surface area (Å²) in [6.07, 6.45) is 0.621. The maximum absolute atomic E-state index is 13.4. The largest absolute Gasteiger partial charge is 0.367 e. The van der Waals surface area contributed by atoms with Crippen LogP contribution in [-0.4, -0.2) is 27.8 Å². The summed E-state index contributed by atoms with van der Waals surface area (Å²) in [7, 11) is 0. The first-order valence-electron chi connectivity index (χ1n) is 8.63. The van der Waals surface area contributed by atoms with Crippen LogP contribution >= 0.6 is 11.3 Å². The van der Waals surface area contributed by atoms with E-state index in [2.05, 4.69) is 20.6 Å². The van der Waals surface area contributed by atoms with Gasteiger partial charge < -0.3 is 10.6 Å². The molecule has 1 amide bonds. The van der Waals surface area contributed by atoms with Gasteiger partial charge in [0.1, 0.15) is 16.5 Å². The zero-order valence-electron chi connectivity index (χ0n) is 14.8. The summed E-state index contributed by atoms with van der Waals surface area (Å²) in [5, 5.41) is 8.81. The van der Waals surface area contributed by atoms with Crippen molar-refractivity contribution in [2.75, 3.05) is 5.32 Å². The Kier molecular flexibility index (Phi) is 5.50. The van der Waals surface area contributed by atoms with E-state index in [1.165, 1.54) is 18.3 Å². The van der Waals surface area contributed by atoms with Crippen LogP contribution in [0.15, 0.2) is 17.5 Å². The van der Waals surface area contributed by atoms with Gasteiger partial charge in [0.2, 0.25) is 11.8 Å². The third-order valence-corrected chi connectivity index (χ3v) is 5.32. The number of amides is 1. The third-order valence-electron chi connectivity index (χ3n) is 4.33. The Bertz CT molecular complexity index is 783. The molecule has 1 fully saturated rings. The van der Waals surface area contributed by atoms with Crippen LogP contribution in [-0.2, 0) is 11.3 Å². The Labute approximate surface area is 155 Å². The van der Waals surface area contributed by atoms with Gasteiger partial charge in [-0.1, -0.05) is 0 Å². The number of rotatable bonds is 5. The van der Waals surface area contributed by atoms with Crippen LogP contribution in [0, 0.1) is 6.92 Å². The minimum absolute atomic E-state index is 0.0241. The van der Waals surface area contributed by atoms with E-state index >= 15 is 0 Å². The van der Waals surface area contributed by atoms with E-state index in [0.717, 1.165) is 22.0 Å². The van der Waals surface area contributed by atoms with Crippen molar-refractivity contribution in [3.8, 4) is 10.7 Å². The molecule has 140 valence electrons. The number of carbonyl (C=O) groups excluding carboxylic acids is 1. The summed E-state index contributed by atoms with van der Waals surface area (Å²) in [6.45, 7) is 3.77. The van der Waals surface area contributed by atoms with Gasteiger partial charge in [0, 0.05) is 43.4 Å². The molecule has 0 atom stereocenters. The fourth-order valence-electron chi connectivity index (χ4n) is 2.96. The molecular weight excluding hydrogens is 358 g/mol. The number of thiazole rings is 1. The van der Waals surface area contributed by atoms with E-state index in [1.54, 1.807) is 0 Å². The number of nitrogens with one attached hydrogen (secondary N) is 2. The maximum Gasteiger partial charge on any atom is 0.248 e. The van der Waals surface area contributed by atoms with Crippen molar-refractivity contribution in [1.82, 2.24) is 15.3 Å². The molecule has 2 N–H and O–H groups in total. The second-order valence-electron chi connectivity index (χ2n) is 6.72. The molecule has 0 aromatic carbocycles. The van der Waals surface area contributed by atoms with Gasteiger partial charge in [-0.25, -0.2) is 18.7 Å². The van der Waals surface area contributed by atoms with Crippen LogP contribution in [0.25, 0.3) is 10.7 Å². The summed E-state index contributed by atoms with van der Waals surface area (Å²) in [5.41, 5.74) is 2.53. The predicted molar refractivity (Wildman–Crippen MR) is 98.4 cm³/mol. The fraction of sp³-hybridized carbons (Fsp3) is 0.500. The summed E-state index contributed by atoms with van der Waals surface area (Å²) in [5.74, 6) is -2.04. The first kappa shape index (κ1) is 18.7. The minimum Gasteiger partial charge on any atom is -0.367 e. The quantitative estimate of drug-likeness (QED) is 0.818. The summed E-state index contributed by atoms with van der Waals surface area (Å²) in [6, 6.07) is 3.73. The molecule has 0 saturated heterocycles. The van der Waals surface area contributed by atoms with E-state index in [1.807, 2.05) is 24.4 Å². The molecule has 5 nitrogen and oxygen atoms in total. The van der Waals surface area contributed by atoms with Crippen LogP contribution in [0.3, 0.4) is 0 Å². The molecule has 2 aromatic heterocycles. The number of aryl methyl sites for hydroxylation is 1. The number of hydrogen-bond acceptors (Lipinski definition) is 5. The van der Waals surface area contributed by atoms with E-state index in [4.69, 9.17) is 0 Å². The third kappa shape index (κ3) is 4.97. The second kappa shape index (κ2) is 7.65. The topological polar surface area (TPSA) is 66.9 Å². The van der Waals surface area contributed by atoms with Gasteiger partial charge in [0.15, 0.2) is 0 Å². The lowest BCUT2D eigenvalue weighted by Gasteiger charge is -2.29. The first-order valence-corrected chi connectivity index (χ1v) is 9.51. The Hall–Kier alpha value is -2.09. The molecule has 0 radical (unpaired) electrons. The molecule has 2 heterocycles. The van der Waals surface area contributed by atoms with Crippen LogP contribution in [0.1, 0.15) is 43.9 Å². The first-order chi connectivity index (χ1) is 12.3. The molecule has 1 aliphatic rings. The van der Waals surface area contributed by atoms with E-state index in [-0.39, 0.29) is 24.8 Å². The van der Waals surface area contributed by atoms with Crippen molar-refractivity contribution < 1.29 is 13.6 Å². The number of pyridine rings is 1. The number of anilines is 1. The zero-order valence-corrected chi connectivity index (χ0v) is 15.6. The normalized spacial score (nSPS) is 17.1. The van der Waals surface area contributed by atoms with E-state index in [0.29, 0.717) is 25.2 Å². The number of alkyl halides is 2. The summed E-state index contributed by atoms with van der Waals surface area (Å²) < 4.78 is 26.7. The van der Waals surface area contributed by atoms with Crippen LogP contribution < -0.4 is 10.6 Å². The molecule has 0 unspecified atom stereocenters. The smallest absolute Gasteiger partial charge is 0.248 e. The highest BCUT2D eigenvalue weighted by atomic mass is 32.1. The highest BCUT2D eigenvalue weighted by Gasteiger charge is 2.34. The molecule has 2 aromatic rings. The molecule has 0 spiro atoms. The van der Waals surface area contributed by atoms with Gasteiger partial charge in [-0.05, 0) is 37.5 Å². The van der Waals surface area contributed by atoms with Crippen LogP contribution in [0.5, 0.6) is 0 Å². The van der Waals surface area contributed by atoms with Gasteiger partial charge in [-0.2, -0.15) is 0 Å². The average molecular weight is 380 g/mol. The second-order valence-corrected chi connectivity index (χ2v) is 7.58. The van der Waals surface area contributed by atoms with Crippen molar-refractivity contribution in [2.24, 2.45) is 0 Å². The highest BCUT2D eigenvalue weighted by Crippen LogP contribution is 2.34. The van der Waals surface area contributed by atoms with Crippen molar-refractivity contribution in [1.29, 1.82) is 0 Å². The number of carbonyl (C=O) groups is 1. The van der Waals surface area contributed by atoms with Crippen molar-refractivity contribution in [2.45, 2.75) is 58.0 Å². The predicted octanol–water partition coefficient (Wildman–Crippen LogP) is 4.14. The molecule has 1 saturated carbocycles. The summed E-state index contributed by atoms with van der Waals surface area (Å²) in [4.78, 5) is 20.3. The Balaban J connectivity index is 1.81. The lowest BCUT2D eigenvalue weighted by atomic mass is 9.92. The monoisotopic (exact) mass is 380 g/mol. The minimum atomic E-state index is -2.55. The number of nitrogens with zero attached hydrogens (tertiary/aromatic N) is 2. The molecule has 0 bridgehead atoms. The van der Waals surface area contributed by atoms with Crippen molar-refractivity contribution in [3.63, 3.8) is 0 Å². The lowest BCUT2D eigenvalue weighted by molar-refractivity contribution is -0.119. The summed E-state index contributed by atoms with van der Waals surface area (Å²) >= 11 is 1.50. The Morgan fingerprint density at radius 1 is 1.31 bits per heavy atom. The molecule has 26 heavy (non-hydrogen) atoms. The molecule has 3 rings (SSSR count). The SMILES string of the molecule is CC(=O)NCc1cc(NC2CCC(F)(F)CC2)nc(-c2nc(C)cs2)c1. The molecule has 0 aliphatic heterocycles. The fourth-order valence-corrected chi connectivity index (χ4v) is 3.72. The van der Waals surface area contributed by atoms with E-state index < -0.39 is 5.92 Å². The van der Waals surface area contributed by atoms with Crippen LogP contribution in [0.2, 0.25) is 0 Å².